The van der Waals surface area contributed by atoms with Crippen LogP contribution in [0.4, 0.5) is 15.3 Å². The number of ether oxygens (including phenoxy) is 3. The van der Waals surface area contributed by atoms with Crippen LogP contribution in [0.5, 0.6) is 0 Å². The van der Waals surface area contributed by atoms with Gasteiger partial charge in [0, 0.05) is 4.92 Å². The quantitative estimate of drug-likeness (QED) is 0.276. The number of rotatable bonds is 7. The van der Waals surface area contributed by atoms with Gasteiger partial charge >= 0.3 is 18.2 Å². The monoisotopic (exact) mass is 424 g/mol. The third-order valence-electron chi connectivity index (χ3n) is 3.41. The topological polar surface area (TPSA) is 125 Å². The van der Waals surface area contributed by atoms with Crippen LogP contribution >= 0.6 is 0 Å². The van der Waals surface area contributed by atoms with E-state index in [1.807, 2.05) is 6.92 Å². The Hall–Kier alpha value is -3.17. The van der Waals surface area contributed by atoms with Crippen LogP contribution in [0, 0.1) is 10.1 Å². The van der Waals surface area contributed by atoms with E-state index in [2.05, 4.69) is 0 Å². The number of nitrogens with zero attached hydrogens (tertiary/aromatic N) is 2. The number of hydrogen-bond donors (Lipinski definition) is 0. The van der Waals surface area contributed by atoms with Crippen molar-refractivity contribution < 1.29 is 33.5 Å². The van der Waals surface area contributed by atoms with Crippen molar-refractivity contribution in [2.45, 2.75) is 59.2 Å². The van der Waals surface area contributed by atoms with Crippen LogP contribution in [0.25, 0.3) is 0 Å². The van der Waals surface area contributed by atoms with Crippen LogP contribution < -0.4 is 4.90 Å². The van der Waals surface area contributed by atoms with Crippen molar-refractivity contribution in [2.75, 3.05) is 18.1 Å². The van der Waals surface area contributed by atoms with Crippen LogP contribution in [0.15, 0.2) is 24.3 Å². The maximum absolute atomic E-state index is 12.8. The highest BCUT2D eigenvalue weighted by molar-refractivity contribution is 6.10. The number of imide groups is 1. The van der Waals surface area contributed by atoms with E-state index in [1.54, 1.807) is 20.8 Å². The van der Waals surface area contributed by atoms with Crippen molar-refractivity contribution in [1.29, 1.82) is 0 Å². The Kier molecular flexibility index (Phi) is 8.32. The molecule has 0 saturated carbocycles. The summed E-state index contributed by atoms with van der Waals surface area (Å²) in [5.41, 5.74) is -2.30. The van der Waals surface area contributed by atoms with Gasteiger partial charge in [-0.1, -0.05) is 13.0 Å². The molecule has 0 aliphatic carbocycles. The fourth-order valence-corrected chi connectivity index (χ4v) is 2.27. The number of anilines is 1. The third kappa shape index (κ3) is 8.06. The average Bonchev–Trinajstić information content (AvgIpc) is 2.56. The minimum atomic E-state index is -1.49. The minimum Gasteiger partial charge on any atom is -0.462 e. The maximum atomic E-state index is 12.8. The first-order chi connectivity index (χ1) is 13.8. The second-order valence-corrected chi connectivity index (χ2v) is 8.12. The predicted octanol–water partition coefficient (Wildman–Crippen LogP) is 4.19. The van der Waals surface area contributed by atoms with Gasteiger partial charge in [-0.25, -0.2) is 14.4 Å². The van der Waals surface area contributed by atoms with E-state index in [9.17, 15) is 24.5 Å². The number of carbonyl (C=O) groups is 3. The van der Waals surface area contributed by atoms with Gasteiger partial charge in [-0.15, -0.1) is 0 Å². The molecular formula is C20H28N2O8. The zero-order chi connectivity index (χ0) is 23.1. The molecule has 0 unspecified atom stereocenters. The summed E-state index contributed by atoms with van der Waals surface area (Å²) in [5, 5.41) is 10.8. The van der Waals surface area contributed by atoms with E-state index in [4.69, 9.17) is 14.2 Å². The van der Waals surface area contributed by atoms with Crippen LogP contribution in [0.1, 0.15) is 58.3 Å². The Morgan fingerprint density at radius 3 is 2.20 bits per heavy atom. The zero-order valence-electron chi connectivity index (χ0n) is 18.1. The molecule has 0 radical (unpaired) electrons. The van der Waals surface area contributed by atoms with Crippen molar-refractivity contribution in [3.05, 3.63) is 39.9 Å². The highest BCUT2D eigenvalue weighted by Crippen LogP contribution is 2.23. The van der Waals surface area contributed by atoms with Gasteiger partial charge in [0.2, 0.25) is 6.54 Å². The lowest BCUT2D eigenvalue weighted by molar-refractivity contribution is -0.497. The van der Waals surface area contributed by atoms with E-state index >= 15 is 0 Å². The first-order valence-corrected chi connectivity index (χ1v) is 9.41. The third-order valence-corrected chi connectivity index (χ3v) is 3.41. The lowest BCUT2D eigenvalue weighted by atomic mass is 10.1. The van der Waals surface area contributed by atoms with Crippen LogP contribution in [-0.2, 0) is 14.2 Å². The van der Waals surface area contributed by atoms with Crippen molar-refractivity contribution >= 4 is 23.8 Å². The van der Waals surface area contributed by atoms with Crippen LogP contribution in [0.3, 0.4) is 0 Å². The summed E-state index contributed by atoms with van der Waals surface area (Å²) < 4.78 is 15.5. The Morgan fingerprint density at radius 1 is 1.07 bits per heavy atom. The number of esters is 1. The summed E-state index contributed by atoms with van der Waals surface area (Å²) in [4.78, 5) is 48.4. The molecule has 10 heteroatoms. The summed E-state index contributed by atoms with van der Waals surface area (Å²) in [6, 6.07) is 5.62. The lowest BCUT2D eigenvalue weighted by Crippen LogP contribution is -2.46. The molecule has 0 atom stereocenters. The van der Waals surface area contributed by atoms with E-state index in [0.29, 0.717) is 11.3 Å². The molecule has 0 bridgehead atoms. The first kappa shape index (κ1) is 24.9. The Morgan fingerprint density at radius 2 is 1.67 bits per heavy atom. The standard InChI is InChI=1S/C20H28N2O8/c1-7-11-28-16(23)14-9-8-10-15(12-14)22(17(24)29-19(2,3)4)18(25)30-20(5,6)13-21(26)27/h8-10,12H,7,11,13H2,1-6H3. The van der Waals surface area contributed by atoms with Gasteiger partial charge in [-0.2, -0.15) is 4.90 Å². The number of carbonyl (C=O) groups excluding carboxylic acids is 3. The Balaban J connectivity index is 3.28. The molecular weight excluding hydrogens is 396 g/mol. The molecule has 1 aromatic carbocycles. The molecule has 30 heavy (non-hydrogen) atoms. The van der Waals surface area contributed by atoms with Crippen molar-refractivity contribution in [2.24, 2.45) is 0 Å². The smallest absolute Gasteiger partial charge is 0.424 e. The number of amides is 2. The van der Waals surface area contributed by atoms with Crippen molar-refractivity contribution in [3.8, 4) is 0 Å². The summed E-state index contributed by atoms with van der Waals surface area (Å²) >= 11 is 0. The normalized spacial score (nSPS) is 11.4. The second-order valence-electron chi connectivity index (χ2n) is 8.12. The van der Waals surface area contributed by atoms with Gasteiger partial charge in [-0.05, 0) is 59.2 Å². The predicted molar refractivity (Wildman–Crippen MR) is 108 cm³/mol. The van der Waals surface area contributed by atoms with Gasteiger partial charge in [0.15, 0.2) is 5.60 Å². The van der Waals surface area contributed by atoms with Gasteiger partial charge in [0.25, 0.3) is 0 Å². The second kappa shape index (κ2) is 10.0. The zero-order valence-corrected chi connectivity index (χ0v) is 18.1. The summed E-state index contributed by atoms with van der Waals surface area (Å²) in [6.07, 6.45) is -1.59. The van der Waals surface area contributed by atoms with Gasteiger partial charge in [0.05, 0.1) is 17.9 Å². The fraction of sp³-hybridized carbons (Fsp3) is 0.550. The van der Waals surface area contributed by atoms with E-state index in [1.165, 1.54) is 38.1 Å². The van der Waals surface area contributed by atoms with Crippen molar-refractivity contribution in [1.82, 2.24) is 0 Å². The van der Waals surface area contributed by atoms with E-state index in [-0.39, 0.29) is 17.9 Å². The molecule has 0 spiro atoms. The van der Waals surface area contributed by atoms with Crippen LogP contribution in [0.2, 0.25) is 0 Å². The molecule has 0 fully saturated rings. The summed E-state index contributed by atoms with van der Waals surface area (Å²) in [6.45, 7) is 8.94. The molecule has 1 rings (SSSR count). The number of benzene rings is 1. The molecule has 166 valence electrons. The molecule has 1 aromatic rings. The van der Waals surface area contributed by atoms with Gasteiger partial charge in [0.1, 0.15) is 5.60 Å². The lowest BCUT2D eigenvalue weighted by Gasteiger charge is -2.28. The molecule has 0 aromatic heterocycles. The highest BCUT2D eigenvalue weighted by Gasteiger charge is 2.36. The molecule has 2 amide bonds. The molecule has 0 aliphatic heterocycles. The molecule has 0 heterocycles. The Bertz CT molecular complexity index is 798. The molecule has 0 aliphatic rings. The largest absolute Gasteiger partial charge is 0.462 e. The highest BCUT2D eigenvalue weighted by atomic mass is 16.6. The summed E-state index contributed by atoms with van der Waals surface area (Å²) in [5.74, 6) is -0.620. The van der Waals surface area contributed by atoms with Crippen LogP contribution in [-0.4, -0.2) is 47.4 Å². The SMILES string of the molecule is CCCOC(=O)c1cccc(N(C(=O)OC(C)(C)C)C(=O)OC(C)(C)C[N+](=O)[O-])c1. The number of nitro groups is 1. The Labute approximate surface area is 175 Å². The van der Waals surface area contributed by atoms with Gasteiger partial charge in [-0.3, -0.25) is 10.1 Å². The van der Waals surface area contributed by atoms with Gasteiger partial charge < -0.3 is 14.2 Å². The minimum absolute atomic E-state index is 0.00268. The molecule has 0 N–H and O–H groups in total. The number of hydrogen-bond acceptors (Lipinski definition) is 8. The van der Waals surface area contributed by atoms with E-state index in [0.717, 1.165) is 0 Å². The molecule has 0 saturated heterocycles. The summed E-state index contributed by atoms with van der Waals surface area (Å²) in [7, 11) is 0. The maximum Gasteiger partial charge on any atom is 0.424 e. The first-order valence-electron chi connectivity index (χ1n) is 9.41. The molecule has 10 nitrogen and oxygen atoms in total. The van der Waals surface area contributed by atoms with Crippen molar-refractivity contribution in [3.63, 3.8) is 0 Å². The average molecular weight is 424 g/mol. The van der Waals surface area contributed by atoms with E-state index < -0.39 is 40.8 Å². The fourth-order valence-electron chi connectivity index (χ4n) is 2.27.